The summed E-state index contributed by atoms with van der Waals surface area (Å²) in [4.78, 5) is 43.2. The van der Waals surface area contributed by atoms with E-state index in [-0.39, 0.29) is 25.4 Å². The molecule has 0 N–H and O–H groups in total. The van der Waals surface area contributed by atoms with Gasteiger partial charge in [-0.1, -0.05) is 135 Å². The van der Waals surface area contributed by atoms with Gasteiger partial charge in [-0.3, -0.25) is 4.79 Å². The summed E-state index contributed by atoms with van der Waals surface area (Å²) in [6.45, 7) is 3.83. The van der Waals surface area contributed by atoms with E-state index in [0.717, 1.165) is 27.2 Å². The second kappa shape index (κ2) is 12.9. The molecule has 5 rings (SSSR count). The maximum absolute atomic E-state index is 14.6. The predicted octanol–water partition coefficient (Wildman–Crippen LogP) is 5.64. The largest absolute Gasteiger partial charge is 0.530 e. The van der Waals surface area contributed by atoms with Gasteiger partial charge in [-0.05, 0) is 23.5 Å². The average molecular weight is 576 g/mol. The maximum atomic E-state index is 14.6. The highest BCUT2D eigenvalue weighted by Crippen LogP contribution is 2.47. The number of benzene rings is 4. The van der Waals surface area contributed by atoms with E-state index in [1.54, 1.807) is 0 Å². The number of nitrogens with zero attached hydrogens (tertiary/aromatic N) is 2. The van der Waals surface area contributed by atoms with Crippen LogP contribution in [0.3, 0.4) is 0 Å². The van der Waals surface area contributed by atoms with Gasteiger partial charge in [0.25, 0.3) is 0 Å². The number of amides is 3. The molecule has 7 heteroatoms. The van der Waals surface area contributed by atoms with Crippen molar-refractivity contribution >= 4 is 18.1 Å². The molecule has 0 unspecified atom stereocenters. The zero-order valence-electron chi connectivity index (χ0n) is 24.3. The molecule has 0 radical (unpaired) electrons. The molecule has 220 valence electrons. The van der Waals surface area contributed by atoms with Gasteiger partial charge in [0.2, 0.25) is 5.91 Å². The number of carbonyl (C=O) groups excluding carboxylic acids is 3. The quantitative estimate of drug-likeness (QED) is 0.244. The molecule has 0 aromatic heterocycles. The third kappa shape index (κ3) is 6.16. The van der Waals surface area contributed by atoms with E-state index in [1.807, 2.05) is 135 Å². The fourth-order valence-electron chi connectivity index (χ4n) is 6.13. The van der Waals surface area contributed by atoms with Crippen molar-refractivity contribution in [1.82, 2.24) is 9.80 Å². The molecule has 1 aliphatic rings. The molecule has 43 heavy (non-hydrogen) atoms. The van der Waals surface area contributed by atoms with E-state index in [4.69, 9.17) is 4.74 Å². The lowest BCUT2D eigenvalue weighted by Gasteiger charge is -2.38. The van der Waals surface area contributed by atoms with Gasteiger partial charge >= 0.3 is 6.09 Å². The van der Waals surface area contributed by atoms with E-state index in [0.29, 0.717) is 0 Å². The van der Waals surface area contributed by atoms with Gasteiger partial charge in [-0.25, -0.2) is 9.69 Å². The smallest absolute Gasteiger partial charge is 0.418 e. The van der Waals surface area contributed by atoms with E-state index < -0.39 is 35.7 Å². The molecule has 0 spiro atoms. The fourth-order valence-corrected chi connectivity index (χ4v) is 6.13. The molecule has 4 aromatic rings. The van der Waals surface area contributed by atoms with Gasteiger partial charge in [0, 0.05) is 24.2 Å². The minimum atomic E-state index is -1.39. The number of carboxylic acid groups (broad SMARTS) is 1. The first kappa shape index (κ1) is 29.6. The number of hydrogen-bond acceptors (Lipinski definition) is 5. The first-order chi connectivity index (χ1) is 20.8. The molecule has 1 saturated heterocycles. The molecule has 7 nitrogen and oxygen atoms in total. The molecule has 3 amide bonds. The summed E-state index contributed by atoms with van der Waals surface area (Å²) < 4.78 is 6.30. The van der Waals surface area contributed by atoms with Crippen LogP contribution in [0.25, 0.3) is 0 Å². The van der Waals surface area contributed by atoms with E-state index in [1.165, 1.54) is 4.90 Å². The van der Waals surface area contributed by atoms with Crippen molar-refractivity contribution < 1.29 is 24.2 Å². The second-order valence-electron chi connectivity index (χ2n) is 11.3. The van der Waals surface area contributed by atoms with Crippen molar-refractivity contribution in [2.24, 2.45) is 11.8 Å². The Bertz CT molecular complexity index is 1490. The topological polar surface area (TPSA) is 90.0 Å². The summed E-state index contributed by atoms with van der Waals surface area (Å²) in [5.74, 6) is -1.56. The van der Waals surface area contributed by atoms with Crippen molar-refractivity contribution in [3.8, 4) is 0 Å². The van der Waals surface area contributed by atoms with Crippen LogP contribution >= 0.6 is 0 Å². The fraction of sp³-hybridized carbons (Fsp3) is 0.250. The number of imide groups is 1. The molecule has 1 heterocycles. The van der Waals surface area contributed by atoms with Crippen LogP contribution < -0.4 is 5.11 Å². The van der Waals surface area contributed by atoms with Gasteiger partial charge < -0.3 is 19.5 Å². The molecular formula is C36H35N2O5-. The zero-order valence-corrected chi connectivity index (χ0v) is 24.3. The molecule has 0 saturated carbocycles. The summed E-state index contributed by atoms with van der Waals surface area (Å²) in [5, 5.41) is 12.3. The normalized spacial score (nSPS) is 16.5. The third-order valence-corrected chi connectivity index (χ3v) is 8.00. The maximum Gasteiger partial charge on any atom is 0.418 e. The summed E-state index contributed by atoms with van der Waals surface area (Å²) in [6, 6.07) is 36.8. The minimum Gasteiger partial charge on any atom is -0.530 e. The molecule has 0 aliphatic carbocycles. The third-order valence-electron chi connectivity index (χ3n) is 8.00. The summed E-state index contributed by atoms with van der Waals surface area (Å²) >= 11 is 0. The SMILES string of the molecule is CC(C)[C@@H]1N(C(=O)[C@H](Cc2ccccc2)CN(Cc2ccccc2)C(=O)[O-])C(=O)OC1(c1ccccc1)c1ccccc1. The molecular weight excluding hydrogens is 540 g/mol. The van der Waals surface area contributed by atoms with Crippen LogP contribution in [-0.2, 0) is 28.1 Å². The molecule has 1 aliphatic heterocycles. The van der Waals surface area contributed by atoms with Gasteiger partial charge in [-0.15, -0.1) is 0 Å². The Hall–Kier alpha value is -4.91. The number of hydrogen-bond donors (Lipinski definition) is 0. The first-order valence-electron chi connectivity index (χ1n) is 14.5. The minimum absolute atomic E-state index is 0.0533. The molecule has 2 atom stereocenters. The van der Waals surface area contributed by atoms with E-state index >= 15 is 0 Å². The van der Waals surface area contributed by atoms with Gasteiger partial charge in [0.15, 0.2) is 5.60 Å². The van der Waals surface area contributed by atoms with Crippen LogP contribution in [-0.4, -0.2) is 40.5 Å². The Kier molecular flexibility index (Phi) is 8.90. The predicted molar refractivity (Wildman–Crippen MR) is 162 cm³/mol. The summed E-state index contributed by atoms with van der Waals surface area (Å²) in [5.41, 5.74) is 1.88. The lowest BCUT2D eigenvalue weighted by atomic mass is 9.75. The number of carbonyl (C=O) groups is 3. The lowest BCUT2D eigenvalue weighted by Crippen LogP contribution is -2.53. The zero-order chi connectivity index (χ0) is 30.4. The Balaban J connectivity index is 1.57. The lowest BCUT2D eigenvalue weighted by molar-refractivity contribution is -0.266. The van der Waals surface area contributed by atoms with Gasteiger partial charge in [0.05, 0.1) is 12.0 Å². The van der Waals surface area contributed by atoms with E-state index in [2.05, 4.69) is 0 Å². The van der Waals surface area contributed by atoms with Crippen LogP contribution in [0.15, 0.2) is 121 Å². The average Bonchev–Trinajstić information content (AvgIpc) is 3.36. The van der Waals surface area contributed by atoms with Crippen molar-refractivity contribution in [3.63, 3.8) is 0 Å². The Morgan fingerprint density at radius 2 is 1.26 bits per heavy atom. The Labute approximate surface area is 252 Å². The monoisotopic (exact) mass is 575 g/mol. The Morgan fingerprint density at radius 3 is 1.72 bits per heavy atom. The van der Waals surface area contributed by atoms with Gasteiger partial charge in [-0.2, -0.15) is 0 Å². The highest BCUT2D eigenvalue weighted by atomic mass is 16.6. The highest BCUT2D eigenvalue weighted by molar-refractivity contribution is 5.96. The number of cyclic esters (lactones) is 1. The van der Waals surface area contributed by atoms with Crippen molar-refractivity contribution in [3.05, 3.63) is 144 Å². The van der Waals surface area contributed by atoms with Crippen LogP contribution in [0.5, 0.6) is 0 Å². The number of rotatable bonds is 10. The molecule has 1 fully saturated rings. The first-order valence-corrected chi connectivity index (χ1v) is 14.5. The standard InChI is InChI=1S/C36H36N2O5/c1-26(2)32-36(30-19-11-5-12-20-30,31-21-13-6-14-22-31)43-35(42)38(32)33(39)29(23-27-15-7-3-8-16-27)25-37(34(40)41)24-28-17-9-4-10-18-28/h3-22,26,29,32H,23-25H2,1-2H3,(H,40,41)/p-1/t29-,32+/m1/s1. The van der Waals surface area contributed by atoms with Crippen LogP contribution in [0.4, 0.5) is 9.59 Å². The van der Waals surface area contributed by atoms with Crippen LogP contribution in [0, 0.1) is 11.8 Å². The van der Waals surface area contributed by atoms with Crippen molar-refractivity contribution in [2.45, 2.75) is 38.5 Å². The highest BCUT2D eigenvalue weighted by Gasteiger charge is 2.59. The summed E-state index contributed by atoms with van der Waals surface area (Å²) in [7, 11) is 0. The van der Waals surface area contributed by atoms with Crippen LogP contribution in [0.1, 0.15) is 36.1 Å². The number of ether oxygens (including phenoxy) is 1. The Morgan fingerprint density at radius 1 is 0.791 bits per heavy atom. The summed E-state index contributed by atoms with van der Waals surface area (Å²) in [6.07, 6.45) is -1.91. The second-order valence-corrected chi connectivity index (χ2v) is 11.3. The molecule has 4 aromatic carbocycles. The van der Waals surface area contributed by atoms with E-state index in [9.17, 15) is 19.5 Å². The van der Waals surface area contributed by atoms with Crippen LogP contribution in [0.2, 0.25) is 0 Å². The molecule has 0 bridgehead atoms. The van der Waals surface area contributed by atoms with Crippen molar-refractivity contribution in [2.75, 3.05) is 6.54 Å². The van der Waals surface area contributed by atoms with Crippen molar-refractivity contribution in [1.29, 1.82) is 0 Å². The van der Waals surface area contributed by atoms with Gasteiger partial charge in [0.1, 0.15) is 6.09 Å².